The quantitative estimate of drug-likeness (QED) is 0.571. The number of nitrogens with two attached hydrogens (primary N) is 1. The molecule has 0 saturated heterocycles. The number of rotatable bonds is 6. The highest BCUT2D eigenvalue weighted by molar-refractivity contribution is 7.99. The van der Waals surface area contributed by atoms with Gasteiger partial charge in [0.1, 0.15) is 10.7 Å². The molecule has 9 heteroatoms. The predicted octanol–water partition coefficient (Wildman–Crippen LogP) is 2.96. The summed E-state index contributed by atoms with van der Waals surface area (Å²) in [4.78, 5) is 44.9. The Hall–Kier alpha value is -2.65. The number of nitrogens with one attached hydrogen (secondary N) is 2. The molecule has 1 aromatic carbocycles. The molecule has 0 saturated carbocycles. The molecule has 2 heterocycles. The first-order valence-corrected chi connectivity index (χ1v) is 10.4. The second-order valence-electron chi connectivity index (χ2n) is 6.36. The molecule has 0 spiro atoms. The monoisotopic (exact) mass is 416 g/mol. The number of amides is 2. The highest BCUT2D eigenvalue weighted by Gasteiger charge is 2.16. The van der Waals surface area contributed by atoms with Gasteiger partial charge in [0.05, 0.1) is 16.4 Å². The normalized spacial score (nSPS) is 12.1. The Morgan fingerprint density at radius 1 is 1.29 bits per heavy atom. The largest absolute Gasteiger partial charge is 0.366 e. The van der Waals surface area contributed by atoms with Crippen molar-refractivity contribution >= 4 is 50.8 Å². The number of primary amides is 1. The summed E-state index contributed by atoms with van der Waals surface area (Å²) >= 11 is 2.88. The lowest BCUT2D eigenvalue weighted by Crippen LogP contribution is -2.23. The number of fused-ring (bicyclic) bond motifs is 1. The number of H-pyrrole nitrogens is 1. The molecule has 0 fully saturated rings. The summed E-state index contributed by atoms with van der Waals surface area (Å²) in [5, 5.41) is 3.08. The van der Waals surface area contributed by atoms with Crippen LogP contribution in [0.2, 0.25) is 0 Å². The van der Waals surface area contributed by atoms with E-state index >= 15 is 0 Å². The Kier molecular flexibility index (Phi) is 5.85. The smallest absolute Gasteiger partial charge is 0.259 e. The van der Waals surface area contributed by atoms with Crippen molar-refractivity contribution in [3.05, 3.63) is 56.4 Å². The Bertz CT molecular complexity index is 1100. The SMILES string of the molecule is Cc1sc2nc(CSC(C)C(=O)Nc3ccc(C(N)=O)cc3)[nH]c(=O)c2c1C. The van der Waals surface area contributed by atoms with Gasteiger partial charge in [0.15, 0.2) is 0 Å². The molecule has 3 aromatic rings. The Labute approximate surface area is 169 Å². The minimum atomic E-state index is -0.517. The lowest BCUT2D eigenvalue weighted by molar-refractivity contribution is -0.115. The maximum Gasteiger partial charge on any atom is 0.259 e. The summed E-state index contributed by atoms with van der Waals surface area (Å²) in [6.45, 7) is 5.67. The van der Waals surface area contributed by atoms with Crippen LogP contribution in [0.15, 0.2) is 29.1 Å². The van der Waals surface area contributed by atoms with E-state index in [1.807, 2.05) is 13.8 Å². The van der Waals surface area contributed by atoms with Crippen LogP contribution in [0.25, 0.3) is 10.2 Å². The minimum absolute atomic E-state index is 0.144. The van der Waals surface area contributed by atoms with Crippen molar-refractivity contribution < 1.29 is 9.59 Å². The molecule has 0 radical (unpaired) electrons. The second kappa shape index (κ2) is 8.15. The summed E-state index contributed by atoms with van der Waals surface area (Å²) in [6, 6.07) is 6.38. The van der Waals surface area contributed by atoms with Crippen molar-refractivity contribution in [1.29, 1.82) is 0 Å². The predicted molar refractivity (Wildman–Crippen MR) is 114 cm³/mol. The Morgan fingerprint density at radius 2 is 1.96 bits per heavy atom. The average molecular weight is 417 g/mol. The molecule has 7 nitrogen and oxygen atoms in total. The molecule has 1 unspecified atom stereocenters. The molecular weight excluding hydrogens is 396 g/mol. The van der Waals surface area contributed by atoms with Gasteiger partial charge in [0, 0.05) is 16.1 Å². The molecule has 0 aliphatic carbocycles. The van der Waals surface area contributed by atoms with Gasteiger partial charge < -0.3 is 16.0 Å². The maximum absolute atomic E-state index is 12.4. The van der Waals surface area contributed by atoms with E-state index in [9.17, 15) is 14.4 Å². The first-order valence-electron chi connectivity index (χ1n) is 8.57. The molecular formula is C19H20N4O3S2. The number of aryl methyl sites for hydroxylation is 2. The van der Waals surface area contributed by atoms with Crippen LogP contribution >= 0.6 is 23.1 Å². The van der Waals surface area contributed by atoms with Crippen LogP contribution in [0.3, 0.4) is 0 Å². The van der Waals surface area contributed by atoms with Crippen LogP contribution in [0, 0.1) is 13.8 Å². The van der Waals surface area contributed by atoms with Crippen molar-refractivity contribution in [2.75, 3.05) is 5.32 Å². The van der Waals surface area contributed by atoms with Gasteiger partial charge in [0.2, 0.25) is 11.8 Å². The third-order valence-electron chi connectivity index (χ3n) is 4.36. The van der Waals surface area contributed by atoms with E-state index in [4.69, 9.17) is 5.73 Å². The molecule has 146 valence electrons. The van der Waals surface area contributed by atoms with Gasteiger partial charge in [0.25, 0.3) is 5.56 Å². The molecule has 0 bridgehead atoms. The first kappa shape index (κ1) is 20.1. The van der Waals surface area contributed by atoms with Crippen LogP contribution < -0.4 is 16.6 Å². The molecule has 1 atom stereocenters. The zero-order chi connectivity index (χ0) is 20.4. The molecule has 28 heavy (non-hydrogen) atoms. The zero-order valence-electron chi connectivity index (χ0n) is 15.7. The second-order valence-corrected chi connectivity index (χ2v) is 8.89. The lowest BCUT2D eigenvalue weighted by Gasteiger charge is -2.12. The topological polar surface area (TPSA) is 118 Å². The van der Waals surface area contributed by atoms with Crippen molar-refractivity contribution in [1.82, 2.24) is 9.97 Å². The number of thioether (sulfide) groups is 1. The van der Waals surface area contributed by atoms with Crippen molar-refractivity contribution in [2.24, 2.45) is 5.73 Å². The van der Waals surface area contributed by atoms with Crippen LogP contribution in [-0.2, 0) is 10.5 Å². The van der Waals surface area contributed by atoms with E-state index in [-0.39, 0.29) is 16.7 Å². The summed E-state index contributed by atoms with van der Waals surface area (Å²) < 4.78 is 0. The summed E-state index contributed by atoms with van der Waals surface area (Å²) in [7, 11) is 0. The van der Waals surface area contributed by atoms with Gasteiger partial charge >= 0.3 is 0 Å². The van der Waals surface area contributed by atoms with Crippen molar-refractivity contribution in [3.8, 4) is 0 Å². The lowest BCUT2D eigenvalue weighted by atomic mass is 10.2. The van der Waals surface area contributed by atoms with Crippen LogP contribution in [-0.4, -0.2) is 27.0 Å². The van der Waals surface area contributed by atoms with Crippen LogP contribution in [0.1, 0.15) is 33.5 Å². The highest BCUT2D eigenvalue weighted by atomic mass is 32.2. The number of benzene rings is 1. The van der Waals surface area contributed by atoms with E-state index in [0.717, 1.165) is 15.3 Å². The van der Waals surface area contributed by atoms with E-state index in [1.54, 1.807) is 31.2 Å². The molecule has 4 N–H and O–H groups in total. The van der Waals surface area contributed by atoms with E-state index in [0.29, 0.717) is 28.2 Å². The number of hydrogen-bond acceptors (Lipinski definition) is 6. The number of carbonyl (C=O) groups is 2. The van der Waals surface area contributed by atoms with Crippen LogP contribution in [0.4, 0.5) is 5.69 Å². The number of nitrogens with zero attached hydrogens (tertiary/aromatic N) is 1. The maximum atomic E-state index is 12.4. The van der Waals surface area contributed by atoms with E-state index in [2.05, 4.69) is 15.3 Å². The summed E-state index contributed by atoms with van der Waals surface area (Å²) in [6.07, 6.45) is 0. The minimum Gasteiger partial charge on any atom is -0.366 e. The van der Waals surface area contributed by atoms with Crippen molar-refractivity contribution in [2.45, 2.75) is 31.8 Å². The number of anilines is 1. The zero-order valence-corrected chi connectivity index (χ0v) is 17.3. The van der Waals surface area contributed by atoms with E-state index in [1.165, 1.54) is 23.1 Å². The third kappa shape index (κ3) is 4.26. The average Bonchev–Trinajstić information content (AvgIpc) is 2.94. The van der Waals surface area contributed by atoms with Crippen LogP contribution in [0.5, 0.6) is 0 Å². The first-order chi connectivity index (χ1) is 13.3. The molecule has 2 aromatic heterocycles. The number of aromatic nitrogens is 2. The number of hydrogen-bond donors (Lipinski definition) is 3. The molecule has 0 aliphatic heterocycles. The number of aromatic amines is 1. The highest BCUT2D eigenvalue weighted by Crippen LogP contribution is 2.26. The summed E-state index contributed by atoms with van der Waals surface area (Å²) in [5.41, 5.74) is 6.98. The number of thiophene rings is 1. The fourth-order valence-electron chi connectivity index (χ4n) is 2.61. The van der Waals surface area contributed by atoms with Gasteiger partial charge in [-0.3, -0.25) is 14.4 Å². The molecule has 3 rings (SSSR count). The van der Waals surface area contributed by atoms with Gasteiger partial charge in [-0.05, 0) is 50.6 Å². The Balaban J connectivity index is 1.64. The fourth-order valence-corrected chi connectivity index (χ4v) is 4.41. The van der Waals surface area contributed by atoms with Gasteiger partial charge in [-0.15, -0.1) is 23.1 Å². The molecule has 0 aliphatic rings. The number of carbonyl (C=O) groups excluding carboxylic acids is 2. The molecule has 2 amide bonds. The Morgan fingerprint density at radius 3 is 2.61 bits per heavy atom. The third-order valence-corrected chi connectivity index (χ3v) is 6.62. The fraction of sp³-hybridized carbons (Fsp3) is 0.263. The van der Waals surface area contributed by atoms with Crippen molar-refractivity contribution in [3.63, 3.8) is 0 Å². The van der Waals surface area contributed by atoms with E-state index < -0.39 is 5.91 Å². The van der Waals surface area contributed by atoms with Gasteiger partial charge in [-0.2, -0.15) is 0 Å². The standard InChI is InChI=1S/C19H20N4O3S2/c1-9-10(2)28-19-15(9)18(26)22-14(23-19)8-27-11(3)17(25)21-13-6-4-12(5-7-13)16(20)24/h4-7,11H,8H2,1-3H3,(H2,20,24)(H,21,25)(H,22,23,26). The van der Waals surface area contributed by atoms with Gasteiger partial charge in [-0.25, -0.2) is 4.98 Å². The van der Waals surface area contributed by atoms with Gasteiger partial charge in [-0.1, -0.05) is 0 Å². The summed E-state index contributed by atoms with van der Waals surface area (Å²) in [5.74, 6) is 0.268.